The lowest BCUT2D eigenvalue weighted by molar-refractivity contribution is -0.0763. The molecule has 0 bridgehead atoms. The van der Waals surface area contributed by atoms with Crippen LogP contribution in [0.1, 0.15) is 23.8 Å². The van der Waals surface area contributed by atoms with Gasteiger partial charge in [0.1, 0.15) is 10.3 Å². The van der Waals surface area contributed by atoms with Gasteiger partial charge < -0.3 is 0 Å². The Morgan fingerprint density at radius 1 is 1.73 bits per heavy atom. The lowest BCUT2D eigenvalue weighted by atomic mass is 10.4. The monoisotopic (exact) mass is 275 g/mol. The zero-order chi connectivity index (χ0) is 11.4. The summed E-state index contributed by atoms with van der Waals surface area (Å²) in [7, 11) is 3.02. The first-order valence-electron chi connectivity index (χ1n) is 4.65. The average molecular weight is 276 g/mol. The molecule has 6 heteroatoms. The molecule has 1 rings (SSSR count). The average Bonchev–Trinajstić information content (AvgIpc) is 2.58. The van der Waals surface area contributed by atoms with Gasteiger partial charge in [0.25, 0.3) is 5.91 Å². The van der Waals surface area contributed by atoms with E-state index >= 15 is 0 Å². The van der Waals surface area contributed by atoms with E-state index in [1.54, 1.807) is 17.8 Å². The second kappa shape index (κ2) is 5.27. The van der Waals surface area contributed by atoms with Crippen molar-refractivity contribution in [3.8, 4) is 0 Å². The van der Waals surface area contributed by atoms with E-state index in [2.05, 4.69) is 21.0 Å². The van der Waals surface area contributed by atoms with Gasteiger partial charge in [0.2, 0.25) is 0 Å². The van der Waals surface area contributed by atoms with Crippen LogP contribution in [0, 0.1) is 0 Å². The summed E-state index contributed by atoms with van der Waals surface area (Å²) in [5.41, 5.74) is 0.521. The summed E-state index contributed by atoms with van der Waals surface area (Å²) in [5, 5.41) is 5.34. The SMILES string of the molecule is CCCn1nc(Br)cc1C(=O)N(C)OC. The molecule has 0 N–H and O–H groups in total. The van der Waals surface area contributed by atoms with Crippen molar-refractivity contribution < 1.29 is 9.63 Å². The van der Waals surface area contributed by atoms with Gasteiger partial charge >= 0.3 is 0 Å². The maximum absolute atomic E-state index is 11.8. The van der Waals surface area contributed by atoms with Crippen LogP contribution in [-0.4, -0.2) is 34.9 Å². The fourth-order valence-electron chi connectivity index (χ4n) is 1.18. The molecule has 0 aromatic carbocycles. The van der Waals surface area contributed by atoms with Crippen molar-refractivity contribution >= 4 is 21.8 Å². The number of aromatic nitrogens is 2. The number of hydrogen-bond acceptors (Lipinski definition) is 3. The second-order valence-electron chi connectivity index (χ2n) is 3.06. The van der Waals surface area contributed by atoms with E-state index in [-0.39, 0.29) is 5.91 Å². The molecule has 0 unspecified atom stereocenters. The molecule has 1 aromatic heterocycles. The van der Waals surface area contributed by atoms with Crippen molar-refractivity contribution in [1.29, 1.82) is 0 Å². The van der Waals surface area contributed by atoms with Crippen LogP contribution in [0.15, 0.2) is 10.7 Å². The Morgan fingerprint density at radius 3 is 2.93 bits per heavy atom. The molecule has 0 fully saturated rings. The third-order valence-electron chi connectivity index (χ3n) is 1.96. The maximum atomic E-state index is 11.8. The van der Waals surface area contributed by atoms with E-state index in [1.165, 1.54) is 12.2 Å². The lowest BCUT2D eigenvalue weighted by Gasteiger charge is -2.14. The quantitative estimate of drug-likeness (QED) is 0.786. The van der Waals surface area contributed by atoms with E-state index in [4.69, 9.17) is 4.84 Å². The largest absolute Gasteiger partial charge is 0.295 e. The van der Waals surface area contributed by atoms with E-state index in [0.717, 1.165) is 6.42 Å². The molecule has 5 nitrogen and oxygen atoms in total. The summed E-state index contributed by atoms with van der Waals surface area (Å²) < 4.78 is 2.32. The van der Waals surface area contributed by atoms with Gasteiger partial charge in [-0.05, 0) is 22.4 Å². The van der Waals surface area contributed by atoms with Gasteiger partial charge in [-0.1, -0.05) is 6.92 Å². The smallest absolute Gasteiger partial charge is 0.274 e. The number of halogens is 1. The highest BCUT2D eigenvalue weighted by Crippen LogP contribution is 2.13. The number of aryl methyl sites for hydroxylation is 1. The Hall–Kier alpha value is -0.880. The number of amides is 1. The molecule has 0 radical (unpaired) electrons. The van der Waals surface area contributed by atoms with Crippen molar-refractivity contribution in [3.05, 3.63) is 16.4 Å². The first kappa shape index (κ1) is 12.2. The van der Waals surface area contributed by atoms with Gasteiger partial charge in [-0.3, -0.25) is 14.3 Å². The molecular formula is C9H14BrN3O2. The minimum absolute atomic E-state index is 0.204. The van der Waals surface area contributed by atoms with Gasteiger partial charge in [0, 0.05) is 19.7 Å². The van der Waals surface area contributed by atoms with E-state index in [9.17, 15) is 4.79 Å². The van der Waals surface area contributed by atoms with Gasteiger partial charge in [-0.15, -0.1) is 0 Å². The predicted octanol–water partition coefficient (Wildman–Crippen LogP) is 1.69. The number of hydroxylamine groups is 2. The summed E-state index contributed by atoms with van der Waals surface area (Å²) >= 11 is 3.25. The van der Waals surface area contributed by atoms with Gasteiger partial charge in [-0.25, -0.2) is 5.06 Å². The van der Waals surface area contributed by atoms with Crippen LogP contribution in [0.25, 0.3) is 0 Å². The fraction of sp³-hybridized carbons (Fsp3) is 0.556. The van der Waals surface area contributed by atoms with Crippen LogP contribution in [0.4, 0.5) is 0 Å². The molecule has 0 aliphatic heterocycles. The van der Waals surface area contributed by atoms with Crippen molar-refractivity contribution in [2.75, 3.05) is 14.2 Å². The molecule has 0 saturated carbocycles. The number of rotatable bonds is 4. The molecule has 0 aliphatic carbocycles. The van der Waals surface area contributed by atoms with Crippen molar-refractivity contribution in [2.24, 2.45) is 0 Å². The van der Waals surface area contributed by atoms with Crippen LogP contribution in [0.3, 0.4) is 0 Å². The Kier molecular flexibility index (Phi) is 4.28. The van der Waals surface area contributed by atoms with E-state index in [0.29, 0.717) is 16.8 Å². The second-order valence-corrected chi connectivity index (χ2v) is 3.87. The first-order valence-corrected chi connectivity index (χ1v) is 5.45. The van der Waals surface area contributed by atoms with Crippen LogP contribution >= 0.6 is 15.9 Å². The highest BCUT2D eigenvalue weighted by atomic mass is 79.9. The molecule has 1 aromatic rings. The predicted molar refractivity (Wildman–Crippen MR) is 59.3 cm³/mol. The van der Waals surface area contributed by atoms with Crippen LogP contribution in [-0.2, 0) is 11.4 Å². The first-order chi connectivity index (χ1) is 7.10. The van der Waals surface area contributed by atoms with Crippen molar-refractivity contribution in [2.45, 2.75) is 19.9 Å². The third-order valence-corrected chi connectivity index (χ3v) is 2.35. The minimum atomic E-state index is -0.204. The standard InChI is InChI=1S/C9H14BrN3O2/c1-4-5-13-7(6-8(10)11-13)9(14)12(2)15-3/h6H,4-5H2,1-3H3. The molecule has 1 amide bonds. The third kappa shape index (κ3) is 2.79. The number of carbonyl (C=O) groups excluding carboxylic acids is 1. The van der Waals surface area contributed by atoms with Crippen molar-refractivity contribution in [1.82, 2.24) is 14.8 Å². The molecule has 0 saturated heterocycles. The van der Waals surface area contributed by atoms with Crippen molar-refractivity contribution in [3.63, 3.8) is 0 Å². The lowest BCUT2D eigenvalue weighted by Crippen LogP contribution is -2.27. The van der Waals surface area contributed by atoms with Crippen LogP contribution in [0.2, 0.25) is 0 Å². The number of hydrogen-bond donors (Lipinski definition) is 0. The number of carbonyl (C=O) groups is 1. The molecule has 1 heterocycles. The molecule has 0 aliphatic rings. The topological polar surface area (TPSA) is 47.4 Å². The Morgan fingerprint density at radius 2 is 2.40 bits per heavy atom. The zero-order valence-electron chi connectivity index (χ0n) is 9.03. The maximum Gasteiger partial charge on any atom is 0.295 e. The highest BCUT2D eigenvalue weighted by molar-refractivity contribution is 9.10. The molecule has 84 valence electrons. The Balaban J connectivity index is 2.96. The Labute approximate surface area is 97.1 Å². The van der Waals surface area contributed by atoms with E-state index in [1.807, 2.05) is 6.92 Å². The number of nitrogens with zero attached hydrogens (tertiary/aromatic N) is 3. The van der Waals surface area contributed by atoms with Gasteiger partial charge in [0.05, 0.1) is 7.11 Å². The molecule has 15 heavy (non-hydrogen) atoms. The summed E-state index contributed by atoms with van der Waals surface area (Å²) in [6, 6.07) is 1.69. The zero-order valence-corrected chi connectivity index (χ0v) is 10.6. The normalized spacial score (nSPS) is 10.4. The summed E-state index contributed by atoms with van der Waals surface area (Å²) in [4.78, 5) is 16.6. The molecular weight excluding hydrogens is 262 g/mol. The Bertz CT molecular complexity index is 351. The highest BCUT2D eigenvalue weighted by Gasteiger charge is 2.17. The fourth-order valence-corrected chi connectivity index (χ4v) is 1.59. The van der Waals surface area contributed by atoms with Gasteiger partial charge in [-0.2, -0.15) is 5.10 Å². The van der Waals surface area contributed by atoms with Crippen LogP contribution < -0.4 is 0 Å². The molecule has 0 atom stereocenters. The summed E-state index contributed by atoms with van der Waals surface area (Å²) in [6.07, 6.45) is 0.922. The van der Waals surface area contributed by atoms with E-state index < -0.39 is 0 Å². The molecule has 0 spiro atoms. The summed E-state index contributed by atoms with van der Waals surface area (Å²) in [5.74, 6) is -0.204. The van der Waals surface area contributed by atoms with Crippen LogP contribution in [0.5, 0.6) is 0 Å². The summed E-state index contributed by atoms with van der Waals surface area (Å²) in [6.45, 7) is 2.74. The minimum Gasteiger partial charge on any atom is -0.274 e. The van der Waals surface area contributed by atoms with Gasteiger partial charge in [0.15, 0.2) is 0 Å².